The number of benzene rings is 3. The van der Waals surface area contributed by atoms with Gasteiger partial charge in [0, 0.05) is 16.3 Å². The first-order valence-corrected chi connectivity index (χ1v) is 10.8. The standard InChI is InChI=1S/C21H16N2O3S2/c24-21-16-10-4-7-13-19(16)27-20(21)14-22-17-11-5-6-12-18(17)23-28(25,26)15-8-2-1-3-9-15/h1-14,23-24H. The van der Waals surface area contributed by atoms with E-state index in [1.165, 1.54) is 23.5 Å². The first-order chi connectivity index (χ1) is 13.5. The van der Waals surface area contributed by atoms with Gasteiger partial charge in [-0.3, -0.25) is 9.71 Å². The van der Waals surface area contributed by atoms with Crippen LogP contribution < -0.4 is 4.72 Å². The number of thiophene rings is 1. The van der Waals surface area contributed by atoms with E-state index < -0.39 is 10.0 Å². The van der Waals surface area contributed by atoms with Crippen LogP contribution in [0.5, 0.6) is 5.75 Å². The van der Waals surface area contributed by atoms with E-state index in [4.69, 9.17) is 0 Å². The average Bonchev–Trinajstić information content (AvgIpc) is 3.04. The molecule has 2 N–H and O–H groups in total. The molecule has 7 heteroatoms. The molecular formula is C21H16N2O3S2. The number of aliphatic imine (C=N–C) groups is 1. The Labute approximate surface area is 166 Å². The van der Waals surface area contributed by atoms with Crippen LogP contribution in [0.15, 0.2) is 88.8 Å². The fraction of sp³-hybridized carbons (Fsp3) is 0. The van der Waals surface area contributed by atoms with Crippen molar-refractivity contribution in [2.24, 2.45) is 4.99 Å². The Kier molecular flexibility index (Phi) is 4.85. The van der Waals surface area contributed by atoms with Gasteiger partial charge >= 0.3 is 0 Å². The largest absolute Gasteiger partial charge is 0.506 e. The number of anilines is 1. The molecule has 140 valence electrons. The first kappa shape index (κ1) is 18.2. The highest BCUT2D eigenvalue weighted by Crippen LogP contribution is 2.36. The van der Waals surface area contributed by atoms with Crippen molar-refractivity contribution in [3.05, 3.63) is 83.7 Å². The zero-order chi connectivity index (χ0) is 19.6. The van der Waals surface area contributed by atoms with Crippen LogP contribution in [0.4, 0.5) is 11.4 Å². The van der Waals surface area contributed by atoms with E-state index in [0.29, 0.717) is 16.3 Å². The molecule has 0 fully saturated rings. The number of sulfonamides is 1. The van der Waals surface area contributed by atoms with Gasteiger partial charge in [-0.05, 0) is 36.4 Å². The minimum absolute atomic E-state index is 0.173. The molecule has 0 aliphatic carbocycles. The van der Waals surface area contributed by atoms with E-state index >= 15 is 0 Å². The molecule has 4 rings (SSSR count). The van der Waals surface area contributed by atoms with E-state index in [0.717, 1.165) is 10.1 Å². The van der Waals surface area contributed by atoms with E-state index in [1.807, 2.05) is 24.3 Å². The van der Waals surface area contributed by atoms with Crippen LogP contribution in [0.25, 0.3) is 10.1 Å². The molecule has 1 aromatic heterocycles. The van der Waals surface area contributed by atoms with Crippen molar-refractivity contribution in [1.82, 2.24) is 0 Å². The zero-order valence-electron chi connectivity index (χ0n) is 14.6. The molecule has 28 heavy (non-hydrogen) atoms. The molecule has 4 aromatic rings. The molecule has 0 bridgehead atoms. The first-order valence-electron chi connectivity index (χ1n) is 8.46. The zero-order valence-corrected chi connectivity index (χ0v) is 16.2. The Balaban J connectivity index is 1.66. The Morgan fingerprint density at radius 2 is 1.57 bits per heavy atom. The van der Waals surface area contributed by atoms with Crippen molar-refractivity contribution < 1.29 is 13.5 Å². The summed E-state index contributed by atoms with van der Waals surface area (Å²) in [6, 6.07) is 22.6. The Morgan fingerprint density at radius 3 is 2.36 bits per heavy atom. The van der Waals surface area contributed by atoms with E-state index in [9.17, 15) is 13.5 Å². The van der Waals surface area contributed by atoms with Gasteiger partial charge in [-0.1, -0.05) is 42.5 Å². The van der Waals surface area contributed by atoms with Gasteiger partial charge in [0.05, 0.1) is 21.1 Å². The summed E-state index contributed by atoms with van der Waals surface area (Å²) in [5.41, 5.74) is 0.821. The summed E-state index contributed by atoms with van der Waals surface area (Å²) in [7, 11) is -3.72. The summed E-state index contributed by atoms with van der Waals surface area (Å²) in [5, 5.41) is 11.1. The minimum atomic E-state index is -3.72. The third-order valence-corrected chi connectivity index (χ3v) is 6.59. The lowest BCUT2D eigenvalue weighted by atomic mass is 10.2. The predicted octanol–water partition coefficient (Wildman–Crippen LogP) is 5.16. The monoisotopic (exact) mass is 408 g/mol. The van der Waals surface area contributed by atoms with Crippen LogP contribution in [0.2, 0.25) is 0 Å². The molecule has 1 heterocycles. The molecule has 0 amide bonds. The summed E-state index contributed by atoms with van der Waals surface area (Å²) >= 11 is 1.42. The number of aromatic hydroxyl groups is 1. The van der Waals surface area contributed by atoms with E-state index in [-0.39, 0.29) is 10.6 Å². The second-order valence-electron chi connectivity index (χ2n) is 6.00. The van der Waals surface area contributed by atoms with Crippen LogP contribution in [-0.4, -0.2) is 19.7 Å². The Morgan fingerprint density at radius 1 is 0.893 bits per heavy atom. The summed E-state index contributed by atoms with van der Waals surface area (Å²) < 4.78 is 28.7. The van der Waals surface area contributed by atoms with Crippen LogP contribution in [-0.2, 0) is 10.0 Å². The number of hydrogen-bond donors (Lipinski definition) is 2. The van der Waals surface area contributed by atoms with Crippen LogP contribution in [0.3, 0.4) is 0 Å². The number of fused-ring (bicyclic) bond motifs is 1. The minimum Gasteiger partial charge on any atom is -0.506 e. The van der Waals surface area contributed by atoms with E-state index in [1.54, 1.807) is 48.7 Å². The molecule has 0 atom stereocenters. The van der Waals surface area contributed by atoms with Gasteiger partial charge in [-0.15, -0.1) is 11.3 Å². The SMILES string of the molecule is O=S(=O)(Nc1ccccc1N=Cc1sc2ccccc2c1O)c1ccccc1. The highest BCUT2D eigenvalue weighted by Gasteiger charge is 2.15. The van der Waals surface area contributed by atoms with Gasteiger partial charge in [0.25, 0.3) is 10.0 Å². The van der Waals surface area contributed by atoms with Gasteiger partial charge < -0.3 is 5.11 Å². The van der Waals surface area contributed by atoms with Crippen molar-refractivity contribution in [2.45, 2.75) is 4.90 Å². The number of nitrogens with one attached hydrogen (secondary N) is 1. The molecule has 0 radical (unpaired) electrons. The lowest BCUT2D eigenvalue weighted by Gasteiger charge is -2.10. The summed E-state index contributed by atoms with van der Waals surface area (Å²) in [4.78, 5) is 5.20. The quantitative estimate of drug-likeness (QED) is 0.448. The highest BCUT2D eigenvalue weighted by molar-refractivity contribution is 7.92. The molecule has 0 spiro atoms. The Bertz CT molecular complexity index is 1260. The highest BCUT2D eigenvalue weighted by atomic mass is 32.2. The lowest BCUT2D eigenvalue weighted by molar-refractivity contribution is 0.483. The van der Waals surface area contributed by atoms with Crippen LogP contribution in [0, 0.1) is 0 Å². The molecule has 0 aliphatic heterocycles. The maximum Gasteiger partial charge on any atom is 0.261 e. The number of hydrogen-bond acceptors (Lipinski definition) is 5. The average molecular weight is 409 g/mol. The van der Waals surface area contributed by atoms with Gasteiger partial charge in [-0.25, -0.2) is 8.42 Å². The second-order valence-corrected chi connectivity index (χ2v) is 8.77. The number of rotatable bonds is 5. The number of nitrogens with zero attached hydrogens (tertiary/aromatic N) is 1. The fourth-order valence-electron chi connectivity index (χ4n) is 2.74. The maximum absolute atomic E-state index is 12.6. The van der Waals surface area contributed by atoms with E-state index in [2.05, 4.69) is 9.71 Å². The molecular weight excluding hydrogens is 392 g/mol. The van der Waals surface area contributed by atoms with Crippen LogP contribution >= 0.6 is 11.3 Å². The molecule has 0 saturated carbocycles. The summed E-state index contributed by atoms with van der Waals surface area (Å²) in [5.74, 6) is 0.173. The van der Waals surface area contributed by atoms with Crippen molar-refractivity contribution >= 4 is 49.0 Å². The molecule has 5 nitrogen and oxygen atoms in total. The van der Waals surface area contributed by atoms with Crippen molar-refractivity contribution in [3.63, 3.8) is 0 Å². The molecule has 0 unspecified atom stereocenters. The number of para-hydroxylation sites is 2. The van der Waals surface area contributed by atoms with Gasteiger partial charge in [0.2, 0.25) is 0 Å². The normalized spacial score (nSPS) is 11.9. The van der Waals surface area contributed by atoms with Crippen molar-refractivity contribution in [3.8, 4) is 5.75 Å². The van der Waals surface area contributed by atoms with Crippen molar-refractivity contribution in [2.75, 3.05) is 4.72 Å². The predicted molar refractivity (Wildman–Crippen MR) is 114 cm³/mol. The summed E-state index contributed by atoms with van der Waals surface area (Å²) in [6.45, 7) is 0. The van der Waals surface area contributed by atoms with Crippen molar-refractivity contribution in [1.29, 1.82) is 0 Å². The molecule has 3 aromatic carbocycles. The smallest absolute Gasteiger partial charge is 0.261 e. The third kappa shape index (κ3) is 3.62. The van der Waals surface area contributed by atoms with Gasteiger partial charge in [0.15, 0.2) is 0 Å². The fourth-order valence-corrected chi connectivity index (χ4v) is 4.81. The lowest BCUT2D eigenvalue weighted by Crippen LogP contribution is -2.12. The summed E-state index contributed by atoms with van der Waals surface area (Å²) in [6.07, 6.45) is 1.55. The van der Waals surface area contributed by atoms with Crippen LogP contribution in [0.1, 0.15) is 4.88 Å². The second kappa shape index (κ2) is 7.46. The third-order valence-electron chi connectivity index (χ3n) is 4.12. The Hall–Kier alpha value is -3.16. The maximum atomic E-state index is 12.6. The van der Waals surface area contributed by atoms with Gasteiger partial charge in [-0.2, -0.15) is 0 Å². The molecule has 0 aliphatic rings. The van der Waals surface area contributed by atoms with Gasteiger partial charge in [0.1, 0.15) is 5.75 Å². The molecule has 0 saturated heterocycles. The topological polar surface area (TPSA) is 78.8 Å².